The van der Waals surface area contributed by atoms with Crippen molar-refractivity contribution < 1.29 is 13.2 Å². The van der Waals surface area contributed by atoms with Gasteiger partial charge in [-0.2, -0.15) is 0 Å². The van der Waals surface area contributed by atoms with Gasteiger partial charge in [-0.3, -0.25) is 4.79 Å². The third kappa shape index (κ3) is 3.33. The number of rotatable bonds is 3. The second-order valence-corrected chi connectivity index (χ2v) is 9.09. The van der Waals surface area contributed by atoms with Gasteiger partial charge in [-0.1, -0.05) is 18.2 Å². The number of amides is 1. The molecule has 0 aliphatic carbocycles. The van der Waals surface area contributed by atoms with E-state index in [2.05, 4.69) is 0 Å². The first-order valence-electron chi connectivity index (χ1n) is 7.37. The lowest BCUT2D eigenvalue weighted by molar-refractivity contribution is 0.0687. The molecule has 0 radical (unpaired) electrons. The average Bonchev–Trinajstić information content (AvgIpc) is 2.89. The highest BCUT2D eigenvalue weighted by molar-refractivity contribution is 7.90. The van der Waals surface area contributed by atoms with E-state index in [1.54, 1.807) is 11.3 Å². The van der Waals surface area contributed by atoms with Crippen molar-refractivity contribution in [2.24, 2.45) is 5.92 Å². The number of hydrogen-bond acceptors (Lipinski definition) is 4. The van der Waals surface area contributed by atoms with Gasteiger partial charge in [-0.05, 0) is 24.8 Å². The maximum Gasteiger partial charge on any atom is 0.255 e. The molecule has 1 fully saturated rings. The van der Waals surface area contributed by atoms with Gasteiger partial charge in [-0.15, -0.1) is 11.3 Å². The number of benzene rings is 1. The number of carbonyl (C=O) groups excluding carboxylic acids is 1. The number of hydrogen-bond donors (Lipinski definition) is 0. The molecule has 118 valence electrons. The summed E-state index contributed by atoms with van der Waals surface area (Å²) in [5.74, 6) is 0.245. The summed E-state index contributed by atoms with van der Waals surface area (Å²) in [7, 11) is -3.00. The molecular formula is C16H19NO3S2. The molecule has 1 saturated heterocycles. The van der Waals surface area contributed by atoms with E-state index in [1.165, 1.54) is 6.26 Å². The number of thiophene rings is 1. The minimum atomic E-state index is -3.00. The average molecular weight is 337 g/mol. The van der Waals surface area contributed by atoms with E-state index < -0.39 is 9.84 Å². The predicted octanol–water partition coefficient (Wildman–Crippen LogP) is 2.80. The fourth-order valence-electron chi connectivity index (χ4n) is 3.13. The zero-order chi connectivity index (χ0) is 15.7. The molecule has 1 aliphatic heterocycles. The van der Waals surface area contributed by atoms with Crippen LogP contribution in [0.2, 0.25) is 0 Å². The van der Waals surface area contributed by atoms with Crippen LogP contribution in [-0.4, -0.2) is 44.3 Å². The highest BCUT2D eigenvalue weighted by Crippen LogP contribution is 2.28. The largest absolute Gasteiger partial charge is 0.338 e. The van der Waals surface area contributed by atoms with E-state index in [1.807, 2.05) is 34.5 Å². The summed E-state index contributed by atoms with van der Waals surface area (Å²) in [5, 5.41) is 2.90. The molecule has 2 aromatic rings. The van der Waals surface area contributed by atoms with Crippen LogP contribution in [0.25, 0.3) is 10.1 Å². The SMILES string of the molecule is CS(=O)(=O)C[C@H]1CCCN(C(=O)c2csc3ccccc23)C1. The minimum absolute atomic E-state index is 0.0238. The molecule has 1 aromatic carbocycles. The number of fused-ring (bicyclic) bond motifs is 1. The molecule has 0 unspecified atom stereocenters. The molecule has 1 amide bonds. The van der Waals surface area contributed by atoms with Crippen LogP contribution in [0.5, 0.6) is 0 Å². The van der Waals surface area contributed by atoms with Crippen molar-refractivity contribution in [3.05, 3.63) is 35.2 Å². The van der Waals surface area contributed by atoms with Crippen LogP contribution in [0.15, 0.2) is 29.6 Å². The van der Waals surface area contributed by atoms with Crippen LogP contribution < -0.4 is 0 Å². The van der Waals surface area contributed by atoms with Crippen molar-refractivity contribution in [2.75, 3.05) is 25.1 Å². The lowest BCUT2D eigenvalue weighted by Gasteiger charge is -2.32. The Morgan fingerprint density at radius 1 is 1.36 bits per heavy atom. The zero-order valence-electron chi connectivity index (χ0n) is 12.5. The summed E-state index contributed by atoms with van der Waals surface area (Å²) < 4.78 is 24.1. The van der Waals surface area contributed by atoms with Crippen molar-refractivity contribution in [1.29, 1.82) is 0 Å². The predicted molar refractivity (Wildman–Crippen MR) is 90.2 cm³/mol. The third-order valence-corrected chi connectivity index (χ3v) is 6.10. The van der Waals surface area contributed by atoms with Gasteiger partial charge >= 0.3 is 0 Å². The van der Waals surface area contributed by atoms with Gasteiger partial charge in [0.2, 0.25) is 0 Å². The molecule has 0 N–H and O–H groups in total. The third-order valence-electron chi connectivity index (χ3n) is 4.06. The molecule has 0 spiro atoms. The molecule has 1 aromatic heterocycles. The Bertz CT molecular complexity index is 795. The van der Waals surface area contributed by atoms with Gasteiger partial charge in [0, 0.05) is 34.8 Å². The normalized spacial score (nSPS) is 19.5. The van der Waals surface area contributed by atoms with Crippen molar-refractivity contribution in [2.45, 2.75) is 12.8 Å². The summed E-state index contributed by atoms with van der Waals surface area (Å²) >= 11 is 1.57. The molecule has 2 heterocycles. The monoisotopic (exact) mass is 337 g/mol. The maximum absolute atomic E-state index is 12.8. The lowest BCUT2D eigenvalue weighted by Crippen LogP contribution is -2.41. The maximum atomic E-state index is 12.8. The van der Waals surface area contributed by atoms with Gasteiger partial charge in [0.25, 0.3) is 5.91 Å². The van der Waals surface area contributed by atoms with Crippen molar-refractivity contribution in [3.8, 4) is 0 Å². The molecule has 6 heteroatoms. The van der Waals surface area contributed by atoms with E-state index in [-0.39, 0.29) is 17.6 Å². The first-order chi connectivity index (χ1) is 10.4. The quantitative estimate of drug-likeness (QED) is 0.865. The van der Waals surface area contributed by atoms with Crippen LogP contribution in [0, 0.1) is 5.92 Å². The second-order valence-electron chi connectivity index (χ2n) is 6.00. The van der Waals surface area contributed by atoms with Crippen LogP contribution in [0.3, 0.4) is 0 Å². The fraction of sp³-hybridized carbons (Fsp3) is 0.438. The van der Waals surface area contributed by atoms with Crippen LogP contribution >= 0.6 is 11.3 Å². The lowest BCUT2D eigenvalue weighted by atomic mass is 9.99. The highest BCUT2D eigenvalue weighted by Gasteiger charge is 2.27. The number of sulfone groups is 1. The highest BCUT2D eigenvalue weighted by atomic mass is 32.2. The Balaban J connectivity index is 1.80. The van der Waals surface area contributed by atoms with Gasteiger partial charge < -0.3 is 4.90 Å². The van der Waals surface area contributed by atoms with Crippen LogP contribution in [-0.2, 0) is 9.84 Å². The van der Waals surface area contributed by atoms with Crippen molar-refractivity contribution in [1.82, 2.24) is 4.90 Å². The molecule has 4 nitrogen and oxygen atoms in total. The molecular weight excluding hydrogens is 318 g/mol. The second kappa shape index (κ2) is 6.01. The summed E-state index contributed by atoms with van der Waals surface area (Å²) in [5.41, 5.74) is 0.737. The van der Waals surface area contributed by atoms with Gasteiger partial charge in [0.05, 0.1) is 11.3 Å². The Labute approximate surface area is 134 Å². The molecule has 3 rings (SSSR count). The first-order valence-corrected chi connectivity index (χ1v) is 10.3. The fourth-order valence-corrected chi connectivity index (χ4v) is 5.19. The van der Waals surface area contributed by atoms with Crippen LogP contribution in [0.1, 0.15) is 23.2 Å². The Kier molecular flexibility index (Phi) is 4.23. The summed E-state index contributed by atoms with van der Waals surface area (Å²) in [4.78, 5) is 14.6. The minimum Gasteiger partial charge on any atom is -0.338 e. The van der Waals surface area contributed by atoms with E-state index in [0.717, 1.165) is 28.5 Å². The molecule has 0 bridgehead atoms. The Morgan fingerprint density at radius 2 is 2.14 bits per heavy atom. The Hall–Kier alpha value is -1.40. The molecule has 22 heavy (non-hydrogen) atoms. The number of piperidine rings is 1. The molecule has 1 aliphatic rings. The van der Waals surface area contributed by atoms with E-state index in [0.29, 0.717) is 13.1 Å². The van der Waals surface area contributed by atoms with Gasteiger partial charge in [0.15, 0.2) is 0 Å². The Morgan fingerprint density at radius 3 is 2.91 bits per heavy atom. The summed E-state index contributed by atoms with van der Waals surface area (Å²) in [6.45, 7) is 1.25. The zero-order valence-corrected chi connectivity index (χ0v) is 14.1. The standard InChI is InChI=1S/C16H19NO3S2/c1-22(19,20)11-12-5-4-8-17(9-12)16(18)14-10-21-15-7-3-2-6-13(14)15/h2-3,6-7,10,12H,4-5,8-9,11H2,1H3/t12-/m0/s1. The first kappa shape index (κ1) is 15.5. The number of likely N-dealkylation sites (tertiary alicyclic amines) is 1. The smallest absolute Gasteiger partial charge is 0.255 e. The molecule has 1 atom stereocenters. The summed E-state index contributed by atoms with van der Waals surface area (Å²) in [6, 6.07) is 7.89. The van der Waals surface area contributed by atoms with E-state index >= 15 is 0 Å². The van der Waals surface area contributed by atoms with Gasteiger partial charge in [0.1, 0.15) is 9.84 Å². The number of nitrogens with zero attached hydrogens (tertiary/aromatic N) is 1. The van der Waals surface area contributed by atoms with E-state index in [9.17, 15) is 13.2 Å². The number of carbonyl (C=O) groups is 1. The topological polar surface area (TPSA) is 54.5 Å². The van der Waals surface area contributed by atoms with E-state index in [4.69, 9.17) is 0 Å². The van der Waals surface area contributed by atoms with Gasteiger partial charge in [-0.25, -0.2) is 8.42 Å². The van der Waals surface area contributed by atoms with Crippen LogP contribution in [0.4, 0.5) is 0 Å². The summed E-state index contributed by atoms with van der Waals surface area (Å²) in [6.07, 6.45) is 3.01. The molecule has 0 saturated carbocycles. The van der Waals surface area contributed by atoms with Crippen molar-refractivity contribution in [3.63, 3.8) is 0 Å². The van der Waals surface area contributed by atoms with Crippen molar-refractivity contribution >= 4 is 37.2 Å².